The van der Waals surface area contributed by atoms with Gasteiger partial charge in [-0.25, -0.2) is 4.79 Å². The van der Waals surface area contributed by atoms with E-state index in [0.717, 1.165) is 0 Å². The summed E-state index contributed by atoms with van der Waals surface area (Å²) in [5, 5.41) is 44.2. The van der Waals surface area contributed by atoms with Crippen molar-refractivity contribution in [3.05, 3.63) is 47.3 Å². The largest absolute Gasteiger partial charge is 0.507 e. The molecular formula is C14H16BN3O6. The lowest BCUT2D eigenvalue weighted by Crippen LogP contribution is -2.48. The zero-order chi connectivity index (χ0) is 17.9. The zero-order valence-corrected chi connectivity index (χ0v) is 12.7. The van der Waals surface area contributed by atoms with Gasteiger partial charge in [-0.1, -0.05) is 12.1 Å². The number of hydrogen-bond donors (Lipinski definition) is 5. The molecule has 0 radical (unpaired) electrons. The molecule has 0 spiro atoms. The maximum absolute atomic E-state index is 12.1. The Bertz CT molecular complexity index is 761. The first-order valence-electron chi connectivity index (χ1n) is 7.00. The summed E-state index contributed by atoms with van der Waals surface area (Å²) in [5.74, 6) is -3.58. The fraction of sp³-hybridized carbons (Fsp3) is 0.214. The van der Waals surface area contributed by atoms with Gasteiger partial charge in [0.2, 0.25) is 0 Å². The van der Waals surface area contributed by atoms with E-state index >= 15 is 0 Å². The van der Waals surface area contributed by atoms with E-state index in [9.17, 15) is 24.7 Å². The number of carbonyl (C=O) groups is 2. The van der Waals surface area contributed by atoms with E-state index in [4.69, 9.17) is 5.11 Å². The van der Waals surface area contributed by atoms with Gasteiger partial charge in [0.15, 0.2) is 0 Å². The first-order chi connectivity index (χ1) is 11.3. The molecular weight excluding hydrogens is 317 g/mol. The molecule has 0 bridgehead atoms. The van der Waals surface area contributed by atoms with Gasteiger partial charge < -0.3 is 25.6 Å². The lowest BCUT2D eigenvalue weighted by molar-refractivity contribution is 0.0693. The van der Waals surface area contributed by atoms with Crippen LogP contribution in [0.5, 0.6) is 5.75 Å². The van der Waals surface area contributed by atoms with Gasteiger partial charge in [0.25, 0.3) is 5.91 Å². The first-order valence-corrected chi connectivity index (χ1v) is 7.00. The van der Waals surface area contributed by atoms with Crippen LogP contribution in [0, 0.1) is 0 Å². The van der Waals surface area contributed by atoms with Gasteiger partial charge in [-0.2, -0.15) is 5.10 Å². The summed E-state index contributed by atoms with van der Waals surface area (Å²) in [7, 11) is -0.282. The van der Waals surface area contributed by atoms with Gasteiger partial charge >= 0.3 is 13.1 Å². The summed E-state index contributed by atoms with van der Waals surface area (Å²) in [6.07, 6.45) is 1.38. The number of aromatic nitrogens is 2. The molecule has 1 aromatic heterocycles. The fourth-order valence-corrected chi connectivity index (χ4v) is 2.18. The summed E-state index contributed by atoms with van der Waals surface area (Å²) in [4.78, 5) is 23.1. The molecule has 126 valence electrons. The minimum absolute atomic E-state index is 0.0895. The molecule has 10 heteroatoms. The molecule has 0 saturated heterocycles. The Balaban J connectivity index is 2.19. The topological polar surface area (TPSA) is 145 Å². The minimum atomic E-state index is -1.91. The number of benzene rings is 1. The molecule has 1 amide bonds. The number of nitrogens with one attached hydrogen (secondary N) is 1. The molecule has 0 unspecified atom stereocenters. The second kappa shape index (κ2) is 7.15. The summed E-state index contributed by atoms with van der Waals surface area (Å²) in [5.41, 5.74) is -0.0595. The number of hydrogen-bond acceptors (Lipinski definition) is 6. The van der Waals surface area contributed by atoms with Crippen LogP contribution in [0.2, 0.25) is 0 Å². The number of nitrogens with zero attached hydrogens (tertiary/aromatic N) is 2. The van der Waals surface area contributed by atoms with Crippen molar-refractivity contribution in [2.45, 2.75) is 12.4 Å². The van der Waals surface area contributed by atoms with Crippen LogP contribution >= 0.6 is 0 Å². The molecule has 0 aliphatic heterocycles. The SMILES string of the molecule is Cn1ccc(C(=O)N[C@@H](Cc2cccc(C(=O)O)c2O)B(O)O)n1. The molecule has 2 rings (SSSR count). The zero-order valence-electron chi connectivity index (χ0n) is 12.7. The van der Waals surface area contributed by atoms with Crippen molar-refractivity contribution in [3.8, 4) is 5.75 Å². The normalized spacial score (nSPS) is 11.8. The molecule has 1 atom stereocenters. The summed E-state index contributed by atoms with van der Waals surface area (Å²) >= 11 is 0. The fourth-order valence-electron chi connectivity index (χ4n) is 2.18. The molecule has 0 aliphatic rings. The van der Waals surface area contributed by atoms with Crippen LogP contribution in [-0.4, -0.2) is 55.0 Å². The van der Waals surface area contributed by atoms with E-state index in [0.29, 0.717) is 0 Å². The third-order valence-corrected chi connectivity index (χ3v) is 3.41. The van der Waals surface area contributed by atoms with Gasteiger partial charge in [-0.3, -0.25) is 9.48 Å². The number of aryl methyl sites for hydroxylation is 1. The molecule has 0 saturated carbocycles. The number of carboxylic acids is 1. The van der Waals surface area contributed by atoms with Crippen molar-refractivity contribution in [1.29, 1.82) is 0 Å². The molecule has 9 nitrogen and oxygen atoms in total. The monoisotopic (exact) mass is 333 g/mol. The van der Waals surface area contributed by atoms with Gasteiger partial charge in [-0.05, 0) is 24.1 Å². The van der Waals surface area contributed by atoms with Crippen molar-refractivity contribution in [1.82, 2.24) is 15.1 Å². The van der Waals surface area contributed by atoms with Gasteiger partial charge in [0.05, 0.1) is 5.94 Å². The van der Waals surface area contributed by atoms with Gasteiger partial charge in [0.1, 0.15) is 17.0 Å². The van der Waals surface area contributed by atoms with Crippen molar-refractivity contribution in [3.63, 3.8) is 0 Å². The number of phenols is 1. The average Bonchev–Trinajstić information content (AvgIpc) is 2.94. The third-order valence-electron chi connectivity index (χ3n) is 3.41. The van der Waals surface area contributed by atoms with Crippen molar-refractivity contribution in [2.75, 3.05) is 0 Å². The Labute approximate surface area is 137 Å². The second-order valence-electron chi connectivity index (χ2n) is 5.19. The molecule has 24 heavy (non-hydrogen) atoms. The highest BCUT2D eigenvalue weighted by atomic mass is 16.4. The minimum Gasteiger partial charge on any atom is -0.507 e. The number of carbonyl (C=O) groups excluding carboxylic acids is 1. The second-order valence-corrected chi connectivity index (χ2v) is 5.19. The standard InChI is InChI=1S/C14H16BN3O6/c1-18-6-5-10(17-18)13(20)16-11(15(23)24)7-8-3-2-4-9(12(8)19)14(21)22/h2-6,11,19,23-24H,7H2,1H3,(H,16,20)(H,21,22)/t11-/m0/s1. The summed E-state index contributed by atoms with van der Waals surface area (Å²) < 4.78 is 1.42. The summed E-state index contributed by atoms with van der Waals surface area (Å²) in [6.45, 7) is 0. The molecule has 5 N–H and O–H groups in total. The van der Waals surface area contributed by atoms with Crippen molar-refractivity contribution < 1.29 is 29.9 Å². The van der Waals surface area contributed by atoms with E-state index in [2.05, 4.69) is 10.4 Å². The van der Waals surface area contributed by atoms with E-state index in [1.807, 2.05) is 0 Å². The molecule has 0 aliphatic carbocycles. The van der Waals surface area contributed by atoms with Crippen LogP contribution in [0.15, 0.2) is 30.5 Å². The summed E-state index contributed by atoms with van der Waals surface area (Å²) in [6, 6.07) is 5.53. The molecule has 0 fully saturated rings. The Morgan fingerprint density at radius 3 is 2.58 bits per heavy atom. The van der Waals surface area contributed by atoms with Crippen LogP contribution in [0.3, 0.4) is 0 Å². The first kappa shape index (κ1) is 17.5. The highest BCUT2D eigenvalue weighted by molar-refractivity contribution is 6.43. The van der Waals surface area contributed by atoms with E-state index in [1.54, 1.807) is 13.2 Å². The Kier molecular flexibility index (Phi) is 5.22. The average molecular weight is 333 g/mol. The van der Waals surface area contributed by atoms with Crippen LogP contribution in [0.1, 0.15) is 26.4 Å². The lowest BCUT2D eigenvalue weighted by atomic mass is 9.75. The smallest absolute Gasteiger partial charge is 0.475 e. The Morgan fingerprint density at radius 2 is 2.04 bits per heavy atom. The number of aromatic carboxylic acids is 1. The quantitative estimate of drug-likeness (QED) is 0.434. The highest BCUT2D eigenvalue weighted by Crippen LogP contribution is 2.24. The number of rotatable bonds is 6. The number of para-hydroxylation sites is 1. The van der Waals surface area contributed by atoms with Crippen molar-refractivity contribution >= 4 is 19.0 Å². The van der Waals surface area contributed by atoms with Crippen molar-refractivity contribution in [2.24, 2.45) is 7.05 Å². The Hall–Kier alpha value is -2.85. The molecule has 1 aromatic carbocycles. The van der Waals surface area contributed by atoms with Crippen LogP contribution in [0.4, 0.5) is 0 Å². The van der Waals surface area contributed by atoms with E-state index < -0.39 is 30.7 Å². The maximum atomic E-state index is 12.1. The lowest BCUT2D eigenvalue weighted by Gasteiger charge is -2.18. The van der Waals surface area contributed by atoms with Crippen LogP contribution < -0.4 is 5.32 Å². The van der Waals surface area contributed by atoms with Crippen LogP contribution in [0.25, 0.3) is 0 Å². The highest BCUT2D eigenvalue weighted by Gasteiger charge is 2.28. The maximum Gasteiger partial charge on any atom is 0.475 e. The number of carboxylic acid groups (broad SMARTS) is 1. The van der Waals surface area contributed by atoms with E-state index in [-0.39, 0.29) is 23.2 Å². The predicted octanol–water partition coefficient (Wildman–Crippen LogP) is -0.823. The van der Waals surface area contributed by atoms with Crippen LogP contribution in [-0.2, 0) is 13.5 Å². The number of amides is 1. The predicted molar refractivity (Wildman–Crippen MR) is 83.4 cm³/mol. The van der Waals surface area contributed by atoms with E-state index in [1.165, 1.54) is 28.9 Å². The molecule has 2 aromatic rings. The number of aromatic hydroxyl groups is 1. The third kappa shape index (κ3) is 3.92. The Morgan fingerprint density at radius 1 is 1.33 bits per heavy atom. The van der Waals surface area contributed by atoms with Gasteiger partial charge in [-0.15, -0.1) is 0 Å². The van der Waals surface area contributed by atoms with Gasteiger partial charge in [0, 0.05) is 13.2 Å². The molecule has 1 heterocycles.